The number of alkyl halides is 15. The molecule has 10 N–H and O–H groups in total. The summed E-state index contributed by atoms with van der Waals surface area (Å²) < 4.78 is 199. The quantitative estimate of drug-likeness (QED) is 0.0292. The van der Waals surface area contributed by atoms with Crippen LogP contribution < -0.4 is 37.2 Å². The van der Waals surface area contributed by atoms with Crippen LogP contribution in [0.4, 0.5) is 94.3 Å². The van der Waals surface area contributed by atoms with Crippen LogP contribution in [0.2, 0.25) is 0 Å². The minimum atomic E-state index is -4.37. The van der Waals surface area contributed by atoms with Crippen molar-refractivity contribution in [1.82, 2.24) is 30.2 Å². The first-order chi connectivity index (χ1) is 67.1. The van der Waals surface area contributed by atoms with Crippen LogP contribution in [-0.4, -0.2) is 158 Å². The van der Waals surface area contributed by atoms with E-state index in [1.807, 2.05) is 117 Å². The van der Waals surface area contributed by atoms with Crippen molar-refractivity contribution < 1.29 is 81.2 Å². The second kappa shape index (κ2) is 43.1. The highest BCUT2D eigenvalue weighted by molar-refractivity contribution is 5.65. The molecule has 1 saturated heterocycles. The minimum Gasteiger partial charge on any atom is -0.396 e. The van der Waals surface area contributed by atoms with Crippen LogP contribution >= 0.6 is 0 Å². The number of anilines is 5. The first-order valence-electron chi connectivity index (χ1n) is 49.4. The molecular formula is C111H126F15N11O3. The van der Waals surface area contributed by atoms with Gasteiger partial charge in [0.1, 0.15) is 0 Å². The van der Waals surface area contributed by atoms with E-state index in [4.69, 9.17) is 5.11 Å². The third kappa shape index (κ3) is 22.9. The lowest BCUT2D eigenvalue weighted by Crippen LogP contribution is -2.48. The molecule has 5 saturated carbocycles. The van der Waals surface area contributed by atoms with Crippen LogP contribution in [0.1, 0.15) is 221 Å². The number of fused-ring (bicyclic) bond motifs is 15. The SMILES string of the molecule is CCN(CCO)[C@H]1CC2c3cc(C(F)(F)F)ccc3N[C@@H](c3ccccc3)[C@@H]2C1.CN(C)CCN[C@H]1CC2c3cc(C(F)(F)F)ccc3N[C@@H](c3ccccc3)[C@@H]2C1.CN1CCN([C@H]2CC3c4cc(C(F)(F)F)ccc4N[C@@H](c4ccccc4)[C@@H]3C2)CC1.OCCCN[C@H]1CC2c3cc(C(F)(F)F)ccc3N[C@@H](c3ccccc3)[C@@H]2C1.O[C@H]1CC[C@@H]2C1c1cc(C(F)(F)F)ccc1N[C@@H]2c1ccccc1. The predicted octanol–water partition coefficient (Wildman–Crippen LogP) is 24.3. The fourth-order valence-electron chi connectivity index (χ4n) is 24.9. The summed E-state index contributed by atoms with van der Waals surface area (Å²) >= 11 is 0. The molecule has 11 aliphatic rings. The number of rotatable bonds is 18. The molecule has 140 heavy (non-hydrogen) atoms. The van der Waals surface area contributed by atoms with E-state index in [1.54, 1.807) is 24.3 Å². The lowest BCUT2D eigenvalue weighted by Gasteiger charge is -2.38. The number of aliphatic hydroxyl groups is 3. The van der Waals surface area contributed by atoms with Gasteiger partial charge < -0.3 is 62.3 Å². The molecule has 748 valence electrons. The van der Waals surface area contributed by atoms with E-state index in [9.17, 15) is 76.1 Å². The number of halogens is 15. The molecule has 10 aromatic carbocycles. The Morgan fingerprint density at radius 2 is 0.671 bits per heavy atom. The van der Waals surface area contributed by atoms with E-state index in [2.05, 4.69) is 119 Å². The first-order valence-corrected chi connectivity index (χ1v) is 49.4. The molecule has 5 unspecified atom stereocenters. The van der Waals surface area contributed by atoms with Crippen LogP contribution in [0, 0.1) is 29.6 Å². The van der Waals surface area contributed by atoms with E-state index in [0.717, 1.165) is 167 Å². The fourth-order valence-corrected chi connectivity index (χ4v) is 24.9. The van der Waals surface area contributed by atoms with Crippen LogP contribution in [0.15, 0.2) is 243 Å². The Kier molecular flexibility index (Phi) is 31.2. The smallest absolute Gasteiger partial charge is 0.396 e. The van der Waals surface area contributed by atoms with E-state index in [0.29, 0.717) is 48.6 Å². The molecule has 29 heteroatoms. The Bertz CT molecular complexity index is 5740. The van der Waals surface area contributed by atoms with Gasteiger partial charge in [0.2, 0.25) is 0 Å². The summed E-state index contributed by atoms with van der Waals surface area (Å²) in [5, 5.41) is 53.6. The lowest BCUT2D eigenvalue weighted by molar-refractivity contribution is -0.138. The largest absolute Gasteiger partial charge is 0.416 e. The van der Waals surface area contributed by atoms with Crippen LogP contribution in [0.5, 0.6) is 0 Å². The summed E-state index contributed by atoms with van der Waals surface area (Å²) in [7, 11) is 6.23. The van der Waals surface area contributed by atoms with Gasteiger partial charge in [0.25, 0.3) is 0 Å². The maximum Gasteiger partial charge on any atom is 0.416 e. The molecule has 21 rings (SSSR count). The third-order valence-corrected chi connectivity index (χ3v) is 31.5. The number of aliphatic hydroxyl groups excluding tert-OH is 3. The molecular weight excluding hydrogens is 1820 g/mol. The van der Waals surface area contributed by atoms with E-state index >= 15 is 0 Å². The molecule has 6 heterocycles. The number of piperazine rings is 1. The van der Waals surface area contributed by atoms with Gasteiger partial charge in [-0.3, -0.25) is 9.80 Å². The van der Waals surface area contributed by atoms with Gasteiger partial charge in [-0.2, -0.15) is 65.9 Å². The second-order valence-corrected chi connectivity index (χ2v) is 40.1. The standard InChI is InChI=1S/C24H28F3N3.C23H28F3N3.C23H27F3N2O.C22H25F3N2O.C19H18F3NO/c1-29-9-11-30(12-10-29)18-14-19-20-13-17(24(25,26)27)7-8-22(20)28-23(21(19)15-18)16-5-3-2-4-6-16;1-29(2)11-10-27-17-13-18-19-12-16(23(24,25)26)8-9-21(19)28-22(20(18)14-17)15-6-4-3-5-7-15;1-2-28(10-11-29)17-13-18-19-12-16(23(24,25)26)8-9-21(19)27-22(20(18)14-17)15-6-4-3-5-7-15;23-22(24,25)15-7-8-20-18(11-15)17-12-16(26-9-4-10-28)13-19(17)21(27-20)14-5-2-1-3-6-14;20-19(21,22)12-6-8-15-14(10-12)17-13(7-9-16(17)24)18(23-15)11-4-2-1-3-5-11/h2-8,13,18-19,21,23,28H,9-12,14-15H2,1H3;3-9,12,17-18,20,22,27-28H,10-11,13-14H2,1-2H3;3-9,12,17-18,20,22,27,29H,2,10-11,13-14H2,1H3;1-3,5-8,11,16-17,19,21,26-28H,4,9-10,12-13H2;1-6,8,10,13,16-18,23-24H,7,9H2/t18-,19?,21+,23-;2*17-,18?,20+,22-;16-,17?,19+,21-;13-,16+,17?,18-/m00001/s1. The average molecular weight is 1950 g/mol. The molecule has 5 aliphatic carbocycles. The molecule has 14 nitrogen and oxygen atoms in total. The van der Waals surface area contributed by atoms with E-state index < -0.39 is 64.8 Å². The van der Waals surface area contributed by atoms with Crippen molar-refractivity contribution in [3.63, 3.8) is 0 Å². The zero-order valence-electron chi connectivity index (χ0n) is 79.0. The van der Waals surface area contributed by atoms with Crippen molar-refractivity contribution in [3.8, 4) is 0 Å². The number of hydrogen-bond acceptors (Lipinski definition) is 14. The van der Waals surface area contributed by atoms with Crippen molar-refractivity contribution in [2.24, 2.45) is 29.6 Å². The molecule has 0 bridgehead atoms. The second-order valence-electron chi connectivity index (χ2n) is 40.1. The number of likely N-dealkylation sites (N-methyl/N-ethyl adjacent to an activating group) is 3. The zero-order chi connectivity index (χ0) is 98.7. The van der Waals surface area contributed by atoms with Crippen molar-refractivity contribution in [1.29, 1.82) is 0 Å². The van der Waals surface area contributed by atoms with E-state index in [1.165, 1.54) is 82.9 Å². The number of nitrogens with one attached hydrogen (secondary N) is 7. The van der Waals surface area contributed by atoms with Gasteiger partial charge in [0.15, 0.2) is 0 Å². The van der Waals surface area contributed by atoms with Gasteiger partial charge in [-0.05, 0) is 305 Å². The molecule has 6 aliphatic heterocycles. The average Bonchev–Trinajstić information content (AvgIpc) is 1.59. The van der Waals surface area contributed by atoms with Crippen molar-refractivity contribution in [3.05, 3.63) is 326 Å². The lowest BCUT2D eigenvalue weighted by atomic mass is 9.76. The third-order valence-electron chi connectivity index (χ3n) is 31.5. The summed E-state index contributed by atoms with van der Waals surface area (Å²) in [6.07, 6.45) is -12.9. The Hall–Kier alpha value is -10.2. The Balaban J connectivity index is 0.000000121. The van der Waals surface area contributed by atoms with Crippen molar-refractivity contribution in [2.45, 2.75) is 199 Å². The maximum atomic E-state index is 13.4. The van der Waals surface area contributed by atoms with Gasteiger partial charge in [-0.1, -0.05) is 159 Å². The maximum absolute atomic E-state index is 13.4. The highest BCUT2D eigenvalue weighted by Crippen LogP contribution is 2.61. The van der Waals surface area contributed by atoms with E-state index in [-0.39, 0.29) is 109 Å². The summed E-state index contributed by atoms with van der Waals surface area (Å²) in [6.45, 7) is 10.5. The first kappa shape index (κ1) is 101. The van der Waals surface area contributed by atoms with Crippen molar-refractivity contribution in [2.75, 3.05) is 120 Å². The zero-order valence-corrected chi connectivity index (χ0v) is 79.0. The monoisotopic (exact) mass is 1950 g/mol. The van der Waals surface area contributed by atoms with Crippen LogP contribution in [0.3, 0.4) is 0 Å². The predicted molar refractivity (Wildman–Crippen MR) is 519 cm³/mol. The fraction of sp³-hybridized carbons (Fsp3) is 0.459. The van der Waals surface area contributed by atoms with Gasteiger partial charge in [0, 0.05) is 111 Å². The Morgan fingerprint density at radius 3 is 1.01 bits per heavy atom. The Morgan fingerprint density at radius 1 is 0.350 bits per heavy atom. The minimum absolute atomic E-state index is 0.0117. The topological polar surface area (TPSA) is 158 Å². The molecule has 6 fully saturated rings. The summed E-state index contributed by atoms with van der Waals surface area (Å²) in [5.41, 5.74) is 10.7. The molecule has 0 amide bonds. The van der Waals surface area contributed by atoms with Gasteiger partial charge in [-0.15, -0.1) is 0 Å². The summed E-state index contributed by atoms with van der Waals surface area (Å²) in [6, 6.07) is 72.9. The highest BCUT2D eigenvalue weighted by Gasteiger charge is 2.53. The normalized spacial score (nSPS) is 27.5. The van der Waals surface area contributed by atoms with Crippen LogP contribution in [-0.2, 0) is 30.9 Å². The van der Waals surface area contributed by atoms with Crippen LogP contribution in [0.25, 0.3) is 0 Å². The van der Waals surface area contributed by atoms with Gasteiger partial charge in [0.05, 0.1) is 70.7 Å². The Labute approximate surface area is 809 Å². The highest BCUT2D eigenvalue weighted by atomic mass is 19.4. The molecule has 10 aromatic rings. The molecule has 0 spiro atoms. The van der Waals surface area contributed by atoms with Gasteiger partial charge in [-0.25, -0.2) is 0 Å². The molecule has 0 radical (unpaired) electrons. The number of nitrogens with zero attached hydrogens (tertiary/aromatic N) is 4. The number of benzene rings is 10. The number of hydrogen-bond donors (Lipinski definition) is 10. The summed E-state index contributed by atoms with van der Waals surface area (Å²) in [5.74, 6) is 1.27. The molecule has 20 atom stereocenters. The summed E-state index contributed by atoms with van der Waals surface area (Å²) in [4.78, 5) is 9.30. The van der Waals surface area contributed by atoms with Crippen molar-refractivity contribution >= 4 is 28.4 Å². The van der Waals surface area contributed by atoms with Gasteiger partial charge >= 0.3 is 30.9 Å². The molecule has 0 aromatic heterocycles.